The van der Waals surface area contributed by atoms with E-state index in [-0.39, 0.29) is 0 Å². The number of anilines is 1. The summed E-state index contributed by atoms with van der Waals surface area (Å²) in [5.41, 5.74) is 2.32. The fraction of sp³-hybridized carbons (Fsp3) is 0.250. The molecule has 2 aromatic heterocycles. The predicted molar refractivity (Wildman–Crippen MR) is 92.2 cm³/mol. The molecule has 5 heteroatoms. The monoisotopic (exact) mass is 315 g/mol. The first-order chi connectivity index (χ1) is 10.4. The first-order valence-corrected chi connectivity index (χ1v) is 8.83. The Kier molecular flexibility index (Phi) is 4.72. The van der Waals surface area contributed by atoms with Crippen molar-refractivity contribution in [3.8, 4) is 0 Å². The standard InChI is InChI=1S/C16H17N3S2/c1-2-9-17-15-12(6-5-10-18-15)11-20-16-19-13-7-3-4-8-14(13)21-16/h3-8,10H,2,9,11H2,1H3,(H,17,18). The van der Waals surface area contributed by atoms with Gasteiger partial charge in [-0.25, -0.2) is 9.97 Å². The molecule has 0 bridgehead atoms. The zero-order valence-electron chi connectivity index (χ0n) is 11.9. The largest absolute Gasteiger partial charge is 0.370 e. The smallest absolute Gasteiger partial charge is 0.151 e. The molecule has 1 aromatic carbocycles. The van der Waals surface area contributed by atoms with E-state index in [1.54, 1.807) is 23.1 Å². The molecule has 3 rings (SSSR count). The van der Waals surface area contributed by atoms with Crippen molar-refractivity contribution in [3.05, 3.63) is 48.2 Å². The number of aromatic nitrogens is 2. The van der Waals surface area contributed by atoms with Gasteiger partial charge in [-0.3, -0.25) is 0 Å². The van der Waals surface area contributed by atoms with Crippen LogP contribution in [0.3, 0.4) is 0 Å². The summed E-state index contributed by atoms with van der Waals surface area (Å²) in [4.78, 5) is 9.09. The van der Waals surface area contributed by atoms with E-state index in [1.807, 2.05) is 18.3 Å². The van der Waals surface area contributed by atoms with Crippen molar-refractivity contribution in [2.24, 2.45) is 0 Å². The molecule has 0 radical (unpaired) electrons. The van der Waals surface area contributed by atoms with Crippen LogP contribution in [0.25, 0.3) is 10.2 Å². The fourth-order valence-corrected chi connectivity index (χ4v) is 4.06. The maximum absolute atomic E-state index is 4.66. The average molecular weight is 315 g/mol. The molecule has 2 heterocycles. The van der Waals surface area contributed by atoms with Gasteiger partial charge in [0, 0.05) is 24.1 Å². The molecular weight excluding hydrogens is 298 g/mol. The second kappa shape index (κ2) is 6.91. The minimum absolute atomic E-state index is 0.889. The summed E-state index contributed by atoms with van der Waals surface area (Å²) in [7, 11) is 0. The Bertz CT molecular complexity index is 691. The number of thiazole rings is 1. The SMILES string of the molecule is CCCNc1ncccc1CSc1nc2ccccc2s1. The van der Waals surface area contributed by atoms with Crippen LogP contribution < -0.4 is 5.32 Å². The van der Waals surface area contributed by atoms with Gasteiger partial charge in [0.25, 0.3) is 0 Å². The van der Waals surface area contributed by atoms with Crippen LogP contribution in [-0.2, 0) is 5.75 Å². The lowest BCUT2D eigenvalue weighted by molar-refractivity contribution is 0.965. The van der Waals surface area contributed by atoms with E-state index in [9.17, 15) is 0 Å². The van der Waals surface area contributed by atoms with Crippen LogP contribution in [0.2, 0.25) is 0 Å². The van der Waals surface area contributed by atoms with Crippen molar-refractivity contribution in [1.29, 1.82) is 0 Å². The van der Waals surface area contributed by atoms with Crippen LogP contribution in [0.15, 0.2) is 46.9 Å². The van der Waals surface area contributed by atoms with E-state index < -0.39 is 0 Å². The minimum Gasteiger partial charge on any atom is -0.370 e. The highest BCUT2D eigenvalue weighted by Crippen LogP contribution is 2.32. The second-order valence-corrected chi connectivity index (χ2v) is 6.93. The summed E-state index contributed by atoms with van der Waals surface area (Å²) >= 11 is 3.53. The number of fused-ring (bicyclic) bond motifs is 1. The number of nitrogens with zero attached hydrogens (tertiary/aromatic N) is 2. The molecule has 0 atom stereocenters. The van der Waals surface area contributed by atoms with Crippen LogP contribution in [0, 0.1) is 0 Å². The predicted octanol–water partition coefficient (Wildman–Crippen LogP) is 4.81. The van der Waals surface area contributed by atoms with Crippen LogP contribution in [-0.4, -0.2) is 16.5 Å². The Balaban J connectivity index is 1.72. The molecule has 0 saturated carbocycles. The number of nitrogens with one attached hydrogen (secondary N) is 1. The minimum atomic E-state index is 0.889. The van der Waals surface area contributed by atoms with Crippen molar-refractivity contribution in [2.45, 2.75) is 23.4 Å². The number of benzene rings is 1. The number of rotatable bonds is 6. The maximum atomic E-state index is 4.66. The van der Waals surface area contributed by atoms with Gasteiger partial charge < -0.3 is 5.32 Å². The van der Waals surface area contributed by atoms with E-state index in [4.69, 9.17) is 0 Å². The van der Waals surface area contributed by atoms with Gasteiger partial charge in [0.1, 0.15) is 5.82 Å². The number of para-hydroxylation sites is 1. The van der Waals surface area contributed by atoms with Crippen LogP contribution >= 0.6 is 23.1 Å². The summed E-state index contributed by atoms with van der Waals surface area (Å²) in [6.45, 7) is 3.11. The van der Waals surface area contributed by atoms with Gasteiger partial charge in [-0.05, 0) is 24.6 Å². The Morgan fingerprint density at radius 3 is 2.95 bits per heavy atom. The molecule has 0 aliphatic heterocycles. The topological polar surface area (TPSA) is 37.8 Å². The fourth-order valence-electron chi connectivity index (χ4n) is 2.01. The van der Waals surface area contributed by atoms with Gasteiger partial charge in [0.2, 0.25) is 0 Å². The van der Waals surface area contributed by atoms with Gasteiger partial charge in [-0.1, -0.05) is 36.9 Å². The summed E-state index contributed by atoms with van der Waals surface area (Å²) in [5.74, 6) is 1.88. The summed E-state index contributed by atoms with van der Waals surface area (Å²) < 4.78 is 2.36. The maximum Gasteiger partial charge on any atom is 0.151 e. The summed E-state index contributed by atoms with van der Waals surface area (Å²) in [5, 5.41) is 3.38. The lowest BCUT2D eigenvalue weighted by Gasteiger charge is -2.08. The first kappa shape index (κ1) is 14.4. The van der Waals surface area contributed by atoms with Crippen molar-refractivity contribution in [1.82, 2.24) is 9.97 Å². The van der Waals surface area contributed by atoms with Crippen molar-refractivity contribution in [2.75, 3.05) is 11.9 Å². The normalized spacial score (nSPS) is 10.9. The number of pyridine rings is 1. The third-order valence-electron chi connectivity index (χ3n) is 3.06. The van der Waals surface area contributed by atoms with Crippen LogP contribution in [0.4, 0.5) is 5.82 Å². The van der Waals surface area contributed by atoms with E-state index >= 15 is 0 Å². The summed E-state index contributed by atoms with van der Waals surface area (Å²) in [6, 6.07) is 12.4. The van der Waals surface area contributed by atoms with E-state index in [0.29, 0.717) is 0 Å². The van der Waals surface area contributed by atoms with E-state index in [0.717, 1.165) is 34.4 Å². The summed E-state index contributed by atoms with van der Waals surface area (Å²) in [6.07, 6.45) is 2.94. The van der Waals surface area contributed by atoms with Gasteiger partial charge in [-0.15, -0.1) is 11.3 Å². The van der Waals surface area contributed by atoms with Gasteiger partial charge >= 0.3 is 0 Å². The Morgan fingerprint density at radius 2 is 2.10 bits per heavy atom. The number of hydrogen-bond donors (Lipinski definition) is 1. The molecule has 0 fully saturated rings. The molecule has 0 aliphatic carbocycles. The van der Waals surface area contributed by atoms with Crippen molar-refractivity contribution < 1.29 is 0 Å². The molecule has 3 aromatic rings. The Morgan fingerprint density at radius 1 is 1.19 bits per heavy atom. The molecule has 0 spiro atoms. The highest BCUT2D eigenvalue weighted by Gasteiger charge is 2.07. The van der Waals surface area contributed by atoms with Gasteiger partial charge in [0.15, 0.2) is 4.34 Å². The molecule has 21 heavy (non-hydrogen) atoms. The van der Waals surface area contributed by atoms with E-state index in [2.05, 4.69) is 46.5 Å². The zero-order valence-corrected chi connectivity index (χ0v) is 13.5. The Hall–Kier alpha value is -1.59. The molecule has 108 valence electrons. The number of thioether (sulfide) groups is 1. The molecule has 3 nitrogen and oxygen atoms in total. The Labute approximate surface area is 132 Å². The van der Waals surface area contributed by atoms with Crippen LogP contribution in [0.1, 0.15) is 18.9 Å². The molecule has 1 N–H and O–H groups in total. The van der Waals surface area contributed by atoms with Crippen molar-refractivity contribution in [3.63, 3.8) is 0 Å². The third kappa shape index (κ3) is 3.54. The zero-order chi connectivity index (χ0) is 14.5. The molecule has 0 amide bonds. The van der Waals surface area contributed by atoms with Crippen LogP contribution in [0.5, 0.6) is 0 Å². The molecule has 0 aliphatic rings. The molecule has 0 unspecified atom stereocenters. The van der Waals surface area contributed by atoms with E-state index in [1.165, 1.54) is 10.3 Å². The first-order valence-electron chi connectivity index (χ1n) is 7.03. The average Bonchev–Trinajstić information content (AvgIpc) is 2.94. The van der Waals surface area contributed by atoms with Gasteiger partial charge in [0.05, 0.1) is 10.2 Å². The highest BCUT2D eigenvalue weighted by molar-refractivity contribution is 8.00. The number of hydrogen-bond acceptors (Lipinski definition) is 5. The lowest BCUT2D eigenvalue weighted by Crippen LogP contribution is -2.04. The quantitative estimate of drug-likeness (QED) is 0.663. The van der Waals surface area contributed by atoms with Crippen molar-refractivity contribution >= 4 is 39.1 Å². The third-order valence-corrected chi connectivity index (χ3v) is 5.29. The van der Waals surface area contributed by atoms with Gasteiger partial charge in [-0.2, -0.15) is 0 Å². The lowest BCUT2D eigenvalue weighted by atomic mass is 10.3. The highest BCUT2D eigenvalue weighted by atomic mass is 32.2. The second-order valence-electron chi connectivity index (χ2n) is 4.67. The molecular formula is C16H17N3S2. The molecule has 0 saturated heterocycles.